The highest BCUT2D eigenvalue weighted by Gasteiger charge is 2.15. The lowest BCUT2D eigenvalue weighted by molar-refractivity contribution is -0.118. The topological polar surface area (TPSA) is 108 Å². The normalized spacial score (nSPS) is 12.5. The first-order chi connectivity index (χ1) is 16.2. The number of aliphatic hydroxyl groups is 1. The molecule has 0 saturated heterocycles. The minimum atomic E-state index is -0.323. The second kappa shape index (κ2) is 9.17. The van der Waals surface area contributed by atoms with Crippen molar-refractivity contribution in [2.24, 2.45) is 0 Å². The van der Waals surface area contributed by atoms with Crippen molar-refractivity contribution in [2.75, 3.05) is 31.7 Å². The first-order valence-electron chi connectivity index (χ1n) is 10.6. The minimum Gasteiger partial charge on any atom is -0.486 e. The molecule has 0 saturated carbocycles. The molecule has 9 heteroatoms. The number of nitrogens with zero attached hydrogens (tertiary/aromatic N) is 3. The van der Waals surface area contributed by atoms with Crippen LogP contribution in [0, 0.1) is 0 Å². The average molecular weight is 446 g/mol. The third kappa shape index (κ3) is 4.58. The number of hydrogen-bond acceptors (Lipinski definition) is 7. The van der Waals surface area contributed by atoms with Gasteiger partial charge in [-0.3, -0.25) is 4.79 Å². The van der Waals surface area contributed by atoms with E-state index in [0.717, 1.165) is 16.6 Å². The van der Waals surface area contributed by atoms with Crippen LogP contribution < -0.4 is 19.5 Å². The Morgan fingerprint density at radius 3 is 2.52 bits per heavy atom. The predicted octanol–water partition coefficient (Wildman–Crippen LogP) is 2.74. The van der Waals surface area contributed by atoms with E-state index >= 15 is 0 Å². The molecule has 4 aromatic rings. The summed E-state index contributed by atoms with van der Waals surface area (Å²) >= 11 is 0. The van der Waals surface area contributed by atoms with Gasteiger partial charge >= 0.3 is 0 Å². The van der Waals surface area contributed by atoms with Crippen LogP contribution in [-0.4, -0.2) is 52.4 Å². The number of aliphatic hydroxyl groups excluding tert-OH is 1. The van der Waals surface area contributed by atoms with Crippen molar-refractivity contribution in [2.45, 2.75) is 6.42 Å². The Kier molecular flexibility index (Phi) is 5.77. The zero-order chi connectivity index (χ0) is 22.6. The van der Waals surface area contributed by atoms with Crippen LogP contribution in [0.3, 0.4) is 0 Å². The summed E-state index contributed by atoms with van der Waals surface area (Å²) in [5.74, 6) is 1.38. The maximum absolute atomic E-state index is 12.5. The number of carbonyl (C=O) groups excluding carboxylic acids is 1. The smallest absolute Gasteiger partial charge is 0.262 e. The Morgan fingerprint density at radius 2 is 1.76 bits per heavy atom. The summed E-state index contributed by atoms with van der Waals surface area (Å²) in [4.78, 5) is 14.0. The second-order valence-electron chi connectivity index (χ2n) is 7.45. The van der Waals surface area contributed by atoms with Crippen molar-refractivity contribution < 1.29 is 24.1 Å². The van der Waals surface area contributed by atoms with Gasteiger partial charge in [0.1, 0.15) is 35.7 Å². The summed E-state index contributed by atoms with van der Waals surface area (Å²) in [7, 11) is 0. The summed E-state index contributed by atoms with van der Waals surface area (Å²) in [6.07, 6.45) is 0.485. The first-order valence-corrected chi connectivity index (χ1v) is 10.6. The van der Waals surface area contributed by atoms with Crippen molar-refractivity contribution in [1.29, 1.82) is 0 Å². The SMILES string of the molecule is O=C(COc1ccc(CCO)cc1-n1nc2ccccc2n1)Nc1ccc2c(c1)OCCO2. The Bertz CT molecular complexity index is 1270. The molecule has 2 heterocycles. The van der Waals surface area contributed by atoms with Crippen LogP contribution in [0.15, 0.2) is 60.7 Å². The van der Waals surface area contributed by atoms with Crippen LogP contribution >= 0.6 is 0 Å². The van der Waals surface area contributed by atoms with Gasteiger partial charge < -0.3 is 24.6 Å². The molecule has 1 amide bonds. The third-order valence-electron chi connectivity index (χ3n) is 5.11. The fraction of sp³-hybridized carbons (Fsp3) is 0.208. The lowest BCUT2D eigenvalue weighted by Crippen LogP contribution is -2.21. The van der Waals surface area contributed by atoms with E-state index in [0.29, 0.717) is 48.3 Å². The summed E-state index contributed by atoms with van der Waals surface area (Å²) in [5, 5.41) is 21.2. The lowest BCUT2D eigenvalue weighted by Gasteiger charge is -2.19. The Labute approximate surface area is 189 Å². The summed E-state index contributed by atoms with van der Waals surface area (Å²) in [6.45, 7) is 0.791. The van der Waals surface area contributed by atoms with E-state index in [1.807, 2.05) is 36.4 Å². The largest absolute Gasteiger partial charge is 0.486 e. The maximum atomic E-state index is 12.5. The molecule has 1 aromatic heterocycles. The Hall–Kier alpha value is -4.11. The average Bonchev–Trinajstić information content (AvgIpc) is 3.27. The molecule has 0 atom stereocenters. The summed E-state index contributed by atoms with van der Waals surface area (Å²) in [6, 6.07) is 18.2. The van der Waals surface area contributed by atoms with Crippen LogP contribution in [0.25, 0.3) is 16.7 Å². The van der Waals surface area contributed by atoms with Gasteiger partial charge in [0.15, 0.2) is 18.1 Å². The number of ether oxygens (including phenoxy) is 3. The lowest BCUT2D eigenvalue weighted by atomic mass is 10.1. The van der Waals surface area contributed by atoms with Crippen molar-refractivity contribution in [3.63, 3.8) is 0 Å². The zero-order valence-corrected chi connectivity index (χ0v) is 17.7. The molecule has 33 heavy (non-hydrogen) atoms. The molecule has 3 aromatic carbocycles. The summed E-state index contributed by atoms with van der Waals surface area (Å²) < 4.78 is 16.9. The van der Waals surface area contributed by atoms with Crippen molar-refractivity contribution in [1.82, 2.24) is 15.0 Å². The van der Waals surface area contributed by atoms with Crippen molar-refractivity contribution in [3.8, 4) is 22.9 Å². The molecule has 5 rings (SSSR count). The minimum absolute atomic E-state index is 0.0199. The third-order valence-corrected chi connectivity index (χ3v) is 5.11. The van der Waals surface area contributed by atoms with E-state index in [-0.39, 0.29) is 19.1 Å². The van der Waals surface area contributed by atoms with Crippen molar-refractivity contribution in [3.05, 3.63) is 66.2 Å². The molecule has 2 N–H and O–H groups in total. The van der Waals surface area contributed by atoms with Crippen LogP contribution in [0.4, 0.5) is 5.69 Å². The number of nitrogens with one attached hydrogen (secondary N) is 1. The fourth-order valence-corrected chi connectivity index (χ4v) is 3.55. The summed E-state index contributed by atoms with van der Waals surface area (Å²) in [5.41, 5.74) is 3.57. The molecule has 0 aliphatic carbocycles. The van der Waals surface area contributed by atoms with Gasteiger partial charge in [-0.15, -0.1) is 15.0 Å². The van der Waals surface area contributed by atoms with Crippen LogP contribution in [0.1, 0.15) is 5.56 Å². The van der Waals surface area contributed by atoms with Crippen LogP contribution in [0.5, 0.6) is 17.2 Å². The van der Waals surface area contributed by atoms with Gasteiger partial charge in [-0.1, -0.05) is 18.2 Å². The molecule has 0 radical (unpaired) electrons. The first kappa shape index (κ1) is 20.8. The monoisotopic (exact) mass is 446 g/mol. The molecular weight excluding hydrogens is 424 g/mol. The van der Waals surface area contributed by atoms with Crippen LogP contribution in [-0.2, 0) is 11.2 Å². The van der Waals surface area contributed by atoms with Gasteiger partial charge in [0.05, 0.1) is 0 Å². The fourth-order valence-electron chi connectivity index (χ4n) is 3.55. The second-order valence-corrected chi connectivity index (χ2v) is 7.45. The number of amides is 1. The molecule has 168 valence electrons. The number of hydrogen-bond donors (Lipinski definition) is 2. The van der Waals surface area contributed by atoms with Gasteiger partial charge in [0.25, 0.3) is 5.91 Å². The van der Waals surface area contributed by atoms with E-state index in [1.54, 1.807) is 24.3 Å². The molecule has 0 bridgehead atoms. The maximum Gasteiger partial charge on any atom is 0.262 e. The number of aromatic nitrogens is 3. The standard InChI is InChI=1S/C24H22N4O5/c29-10-9-16-5-7-21(20(13-16)28-26-18-3-1-2-4-19(18)27-28)33-15-24(30)25-17-6-8-22-23(14-17)32-12-11-31-22/h1-8,13-14,29H,9-12,15H2,(H,25,30). The highest BCUT2D eigenvalue weighted by molar-refractivity contribution is 5.92. The van der Waals surface area contributed by atoms with Crippen LogP contribution in [0.2, 0.25) is 0 Å². The highest BCUT2D eigenvalue weighted by Crippen LogP contribution is 2.32. The van der Waals surface area contributed by atoms with E-state index in [2.05, 4.69) is 15.5 Å². The molecule has 0 spiro atoms. The number of anilines is 1. The zero-order valence-electron chi connectivity index (χ0n) is 17.7. The van der Waals surface area contributed by atoms with Gasteiger partial charge in [-0.25, -0.2) is 0 Å². The van der Waals surface area contributed by atoms with Gasteiger partial charge in [0, 0.05) is 18.4 Å². The Morgan fingerprint density at radius 1 is 1.00 bits per heavy atom. The molecule has 0 unspecified atom stereocenters. The van der Waals surface area contributed by atoms with E-state index in [4.69, 9.17) is 14.2 Å². The molecule has 9 nitrogen and oxygen atoms in total. The van der Waals surface area contributed by atoms with Crippen molar-refractivity contribution >= 4 is 22.6 Å². The number of rotatable bonds is 7. The number of carbonyl (C=O) groups is 1. The number of benzene rings is 3. The van der Waals surface area contributed by atoms with E-state index in [1.165, 1.54) is 4.80 Å². The quantitative estimate of drug-likeness (QED) is 0.449. The Balaban J connectivity index is 1.34. The highest BCUT2D eigenvalue weighted by atomic mass is 16.6. The predicted molar refractivity (Wildman–Crippen MR) is 121 cm³/mol. The molecule has 1 aliphatic heterocycles. The van der Waals surface area contributed by atoms with Gasteiger partial charge in [0.2, 0.25) is 0 Å². The molecule has 0 fully saturated rings. The molecular formula is C24H22N4O5. The van der Waals surface area contributed by atoms with Gasteiger partial charge in [-0.05, 0) is 48.4 Å². The molecule has 1 aliphatic rings. The van der Waals surface area contributed by atoms with E-state index < -0.39 is 0 Å². The number of fused-ring (bicyclic) bond motifs is 2. The van der Waals surface area contributed by atoms with E-state index in [9.17, 15) is 9.90 Å². The van der Waals surface area contributed by atoms with Gasteiger partial charge in [-0.2, -0.15) is 0 Å².